The zero-order valence-electron chi connectivity index (χ0n) is 13.2. The van der Waals surface area contributed by atoms with Gasteiger partial charge in [-0.25, -0.2) is 9.98 Å². The van der Waals surface area contributed by atoms with Gasteiger partial charge in [-0.2, -0.15) is 5.10 Å². The highest BCUT2D eigenvalue weighted by atomic mass is 127. The van der Waals surface area contributed by atoms with Gasteiger partial charge >= 0.3 is 0 Å². The zero-order chi connectivity index (χ0) is 15.1. The van der Waals surface area contributed by atoms with Crippen LogP contribution in [-0.2, 0) is 26.6 Å². The van der Waals surface area contributed by atoms with Crippen LogP contribution < -0.4 is 10.6 Å². The van der Waals surface area contributed by atoms with Gasteiger partial charge in [-0.1, -0.05) is 6.92 Å². The minimum Gasteiger partial charge on any atom is -0.357 e. The van der Waals surface area contributed by atoms with Gasteiger partial charge in [0.25, 0.3) is 0 Å². The van der Waals surface area contributed by atoms with Gasteiger partial charge in [-0.05, 0) is 19.4 Å². The molecule has 0 aliphatic carbocycles. The maximum Gasteiger partial charge on any atom is 0.191 e. The van der Waals surface area contributed by atoms with Gasteiger partial charge in [0.15, 0.2) is 5.96 Å². The summed E-state index contributed by atoms with van der Waals surface area (Å²) in [4.78, 5) is 9.10. The largest absolute Gasteiger partial charge is 0.357 e. The van der Waals surface area contributed by atoms with E-state index in [0.29, 0.717) is 13.1 Å². The highest BCUT2D eigenvalue weighted by molar-refractivity contribution is 14.0. The minimum absolute atomic E-state index is 0. The first-order valence-electron chi connectivity index (χ1n) is 7.15. The molecule has 2 aromatic rings. The minimum atomic E-state index is 0. The van der Waals surface area contributed by atoms with Crippen molar-refractivity contribution >= 4 is 41.3 Å². The molecule has 0 aliphatic heterocycles. The average molecular weight is 434 g/mol. The van der Waals surface area contributed by atoms with Crippen molar-refractivity contribution in [3.05, 3.63) is 34.0 Å². The fourth-order valence-corrected chi connectivity index (χ4v) is 2.57. The summed E-state index contributed by atoms with van der Waals surface area (Å²) >= 11 is 1.70. The van der Waals surface area contributed by atoms with Gasteiger partial charge in [-0.15, -0.1) is 35.3 Å². The molecule has 2 aromatic heterocycles. The number of halogens is 1. The summed E-state index contributed by atoms with van der Waals surface area (Å²) in [6, 6.07) is 1.99. The topological polar surface area (TPSA) is 67.1 Å². The van der Waals surface area contributed by atoms with Crippen molar-refractivity contribution in [3.63, 3.8) is 0 Å². The molecule has 122 valence electrons. The quantitative estimate of drug-likeness (QED) is 0.416. The third-order valence-electron chi connectivity index (χ3n) is 3.00. The number of thiazole rings is 1. The summed E-state index contributed by atoms with van der Waals surface area (Å²) < 4.78 is 1.85. The Kier molecular flexibility index (Phi) is 8.39. The van der Waals surface area contributed by atoms with E-state index in [2.05, 4.69) is 44.9 Å². The predicted octanol–water partition coefficient (Wildman–Crippen LogP) is 2.31. The van der Waals surface area contributed by atoms with E-state index in [0.717, 1.165) is 35.3 Å². The summed E-state index contributed by atoms with van der Waals surface area (Å²) in [5.41, 5.74) is 2.14. The van der Waals surface area contributed by atoms with Crippen molar-refractivity contribution in [1.29, 1.82) is 0 Å². The number of aliphatic imine (C=N–C) groups is 1. The summed E-state index contributed by atoms with van der Waals surface area (Å²) in [5.74, 6) is 0.796. The number of nitrogens with zero attached hydrogens (tertiary/aromatic N) is 4. The molecule has 2 rings (SSSR count). The molecule has 2 heterocycles. The van der Waals surface area contributed by atoms with E-state index in [-0.39, 0.29) is 24.0 Å². The Morgan fingerprint density at radius 2 is 2.18 bits per heavy atom. The fourth-order valence-electron chi connectivity index (χ4n) is 1.83. The molecule has 0 aliphatic rings. The lowest BCUT2D eigenvalue weighted by atomic mass is 10.4. The molecule has 2 N–H and O–H groups in total. The van der Waals surface area contributed by atoms with Crippen molar-refractivity contribution in [2.24, 2.45) is 12.0 Å². The lowest BCUT2D eigenvalue weighted by Crippen LogP contribution is -2.37. The van der Waals surface area contributed by atoms with Crippen LogP contribution in [0.2, 0.25) is 0 Å². The number of hydrogen-bond acceptors (Lipinski definition) is 4. The zero-order valence-corrected chi connectivity index (χ0v) is 16.3. The molecule has 0 saturated carbocycles. The number of aryl methyl sites for hydroxylation is 2. The first-order chi connectivity index (χ1) is 10.2. The predicted molar refractivity (Wildman–Crippen MR) is 102 cm³/mol. The Labute approximate surface area is 152 Å². The van der Waals surface area contributed by atoms with Gasteiger partial charge in [0.1, 0.15) is 0 Å². The van der Waals surface area contributed by atoms with Crippen LogP contribution in [0.3, 0.4) is 0 Å². The fraction of sp³-hybridized carbons (Fsp3) is 0.500. The highest BCUT2D eigenvalue weighted by Gasteiger charge is 2.03. The third-order valence-corrected chi connectivity index (χ3v) is 4.05. The van der Waals surface area contributed by atoms with Crippen LogP contribution in [0, 0.1) is 0 Å². The molecule has 0 amide bonds. The molecule has 6 nitrogen and oxygen atoms in total. The van der Waals surface area contributed by atoms with Crippen LogP contribution in [0.4, 0.5) is 0 Å². The Bertz CT molecular complexity index is 592. The van der Waals surface area contributed by atoms with E-state index < -0.39 is 0 Å². The monoisotopic (exact) mass is 434 g/mol. The summed E-state index contributed by atoms with van der Waals surface area (Å²) in [6.07, 6.45) is 2.77. The Hall–Kier alpha value is -1.16. The van der Waals surface area contributed by atoms with Gasteiger partial charge < -0.3 is 10.6 Å². The van der Waals surface area contributed by atoms with Crippen LogP contribution in [0.25, 0.3) is 0 Å². The average Bonchev–Trinajstić information content (AvgIpc) is 3.11. The Morgan fingerprint density at radius 1 is 1.36 bits per heavy atom. The highest BCUT2D eigenvalue weighted by Crippen LogP contribution is 2.10. The van der Waals surface area contributed by atoms with Crippen LogP contribution in [0.15, 0.2) is 22.6 Å². The number of nitrogens with one attached hydrogen (secondary N) is 2. The van der Waals surface area contributed by atoms with E-state index in [9.17, 15) is 0 Å². The SMILES string of the molecule is CCNC(=NCc1csc(CC)n1)NCc1ccnn1C.I. The summed E-state index contributed by atoms with van der Waals surface area (Å²) in [6.45, 7) is 6.29. The van der Waals surface area contributed by atoms with Crippen LogP contribution >= 0.6 is 35.3 Å². The maximum absolute atomic E-state index is 4.57. The standard InChI is InChI=1S/C14H22N6S.HI/c1-4-13-19-11(10-21-13)8-16-14(15-5-2)17-9-12-6-7-18-20(12)3;/h6-7,10H,4-5,8-9H2,1-3H3,(H2,15,16,17);1H. The smallest absolute Gasteiger partial charge is 0.191 e. The normalized spacial score (nSPS) is 11.1. The summed E-state index contributed by atoms with van der Waals surface area (Å²) in [7, 11) is 1.93. The molecule has 0 aromatic carbocycles. The molecule has 0 bridgehead atoms. The van der Waals surface area contributed by atoms with Crippen LogP contribution in [0.5, 0.6) is 0 Å². The Morgan fingerprint density at radius 3 is 2.77 bits per heavy atom. The first kappa shape index (κ1) is 18.9. The number of guanidine groups is 1. The molecule has 0 radical (unpaired) electrons. The maximum atomic E-state index is 4.57. The van der Waals surface area contributed by atoms with Crippen molar-refractivity contribution in [1.82, 2.24) is 25.4 Å². The lowest BCUT2D eigenvalue weighted by Gasteiger charge is -2.11. The molecule has 8 heteroatoms. The lowest BCUT2D eigenvalue weighted by molar-refractivity contribution is 0.684. The molecule has 0 unspecified atom stereocenters. The van der Waals surface area contributed by atoms with Crippen LogP contribution in [-0.4, -0.2) is 27.3 Å². The van der Waals surface area contributed by atoms with Gasteiger partial charge in [0.2, 0.25) is 0 Å². The molecule has 0 atom stereocenters. The first-order valence-corrected chi connectivity index (χ1v) is 8.03. The molecule has 0 fully saturated rings. The number of hydrogen-bond donors (Lipinski definition) is 2. The van der Waals surface area contributed by atoms with Crippen LogP contribution in [0.1, 0.15) is 30.2 Å². The number of rotatable bonds is 6. The number of aromatic nitrogens is 3. The van der Waals surface area contributed by atoms with Crippen molar-refractivity contribution in [2.75, 3.05) is 6.54 Å². The van der Waals surface area contributed by atoms with E-state index in [1.54, 1.807) is 17.5 Å². The molecule has 0 saturated heterocycles. The second kappa shape index (κ2) is 9.78. The van der Waals surface area contributed by atoms with Crippen molar-refractivity contribution in [2.45, 2.75) is 33.4 Å². The molecule has 0 spiro atoms. The van der Waals surface area contributed by atoms with E-state index in [1.165, 1.54) is 0 Å². The summed E-state index contributed by atoms with van der Waals surface area (Å²) in [5, 5.41) is 13.9. The van der Waals surface area contributed by atoms with Gasteiger partial charge in [0, 0.05) is 25.2 Å². The van der Waals surface area contributed by atoms with Crippen molar-refractivity contribution in [3.8, 4) is 0 Å². The third kappa shape index (κ3) is 5.56. The van der Waals surface area contributed by atoms with E-state index in [4.69, 9.17) is 0 Å². The van der Waals surface area contributed by atoms with E-state index in [1.807, 2.05) is 17.8 Å². The molecular weight excluding hydrogens is 411 g/mol. The second-order valence-electron chi connectivity index (χ2n) is 4.58. The molecule has 22 heavy (non-hydrogen) atoms. The second-order valence-corrected chi connectivity index (χ2v) is 5.52. The Balaban J connectivity index is 0.00000242. The van der Waals surface area contributed by atoms with Crippen molar-refractivity contribution < 1.29 is 0 Å². The molecular formula is C14H23IN6S. The van der Waals surface area contributed by atoms with Gasteiger partial charge in [0.05, 0.1) is 29.5 Å². The van der Waals surface area contributed by atoms with E-state index >= 15 is 0 Å². The van der Waals surface area contributed by atoms with Gasteiger partial charge in [-0.3, -0.25) is 4.68 Å².